The number of benzene rings is 4. The number of hydrogen-bond donors (Lipinski definition) is 3. The van der Waals surface area contributed by atoms with Crippen LogP contribution in [0.3, 0.4) is 0 Å². The van der Waals surface area contributed by atoms with Crippen molar-refractivity contribution in [3.63, 3.8) is 0 Å². The van der Waals surface area contributed by atoms with E-state index in [1.54, 1.807) is 0 Å². The summed E-state index contributed by atoms with van der Waals surface area (Å²) in [6, 6.07) is 25.8. The van der Waals surface area contributed by atoms with Crippen molar-refractivity contribution in [1.82, 2.24) is 0 Å². The van der Waals surface area contributed by atoms with Gasteiger partial charge < -0.3 is 34.7 Å². The molecule has 11 heteroatoms. The SMILES string of the molecule is CC(C)(C#Cc1cc(NC(=O)C2(c3ccc4c(c3)OC(F)(F)O4)CC2)c(F)cc1NCC(O)COCc1ccccc1)COc1ccccc1. The van der Waals surface area contributed by atoms with Gasteiger partial charge in [-0.15, -0.1) is 8.78 Å². The number of aliphatic hydroxyl groups is 1. The number of hydrogen-bond acceptors (Lipinski definition) is 7. The average molecular weight is 687 g/mol. The molecule has 1 amide bonds. The van der Waals surface area contributed by atoms with E-state index in [9.17, 15) is 18.7 Å². The van der Waals surface area contributed by atoms with E-state index in [1.165, 1.54) is 30.3 Å². The molecule has 1 fully saturated rings. The highest BCUT2D eigenvalue weighted by atomic mass is 19.3. The third kappa shape index (κ3) is 8.51. The standard InChI is InChI=1S/C39H37F3N2O6/c1-37(2,25-48-30-11-7-4-8-12-30)16-15-27-19-33(31(40)21-32(27)43-22-29(45)24-47-23-26-9-5-3-6-10-26)44-36(46)38(17-18-38)28-13-14-34-35(20-28)50-39(41,42)49-34/h3-14,19-21,29,43,45H,17-18,22-25H2,1-2H3,(H,44,46). The van der Waals surface area contributed by atoms with Crippen molar-refractivity contribution in [2.45, 2.75) is 51.1 Å². The van der Waals surface area contributed by atoms with Gasteiger partial charge in [0.05, 0.1) is 41.5 Å². The van der Waals surface area contributed by atoms with Crippen LogP contribution in [0.4, 0.5) is 24.5 Å². The summed E-state index contributed by atoms with van der Waals surface area (Å²) in [4.78, 5) is 13.6. The Hall–Kier alpha value is -5.18. The van der Waals surface area contributed by atoms with Crippen LogP contribution in [0.15, 0.2) is 91.0 Å². The molecule has 0 saturated heterocycles. The summed E-state index contributed by atoms with van der Waals surface area (Å²) in [5, 5.41) is 16.4. The maximum absolute atomic E-state index is 15.6. The van der Waals surface area contributed by atoms with Crippen LogP contribution in [-0.4, -0.2) is 43.2 Å². The Labute approximate surface area is 288 Å². The van der Waals surface area contributed by atoms with E-state index in [-0.39, 0.29) is 36.9 Å². The van der Waals surface area contributed by atoms with Crippen molar-refractivity contribution >= 4 is 17.3 Å². The van der Waals surface area contributed by atoms with E-state index in [1.807, 2.05) is 74.5 Å². The molecule has 4 aromatic rings. The third-order valence-corrected chi connectivity index (χ3v) is 8.32. The number of halogens is 3. The van der Waals surface area contributed by atoms with E-state index in [0.717, 1.165) is 5.56 Å². The molecular formula is C39H37F3N2O6. The second-order valence-electron chi connectivity index (χ2n) is 13.0. The Morgan fingerprint density at radius 3 is 2.38 bits per heavy atom. The zero-order chi connectivity index (χ0) is 35.4. The van der Waals surface area contributed by atoms with Crippen LogP contribution in [0, 0.1) is 23.1 Å². The number of nitrogens with one attached hydrogen (secondary N) is 2. The molecular weight excluding hydrogens is 649 g/mol. The zero-order valence-electron chi connectivity index (χ0n) is 27.6. The molecule has 4 aromatic carbocycles. The first-order chi connectivity index (χ1) is 23.9. The van der Waals surface area contributed by atoms with Crippen molar-refractivity contribution in [3.8, 4) is 29.1 Å². The van der Waals surface area contributed by atoms with Crippen molar-refractivity contribution < 1.29 is 42.0 Å². The fourth-order valence-electron chi connectivity index (χ4n) is 5.41. The molecule has 0 bridgehead atoms. The highest BCUT2D eigenvalue weighted by Gasteiger charge is 2.53. The Bertz CT molecular complexity index is 1890. The van der Waals surface area contributed by atoms with Crippen molar-refractivity contribution in [2.75, 3.05) is 30.4 Å². The molecule has 1 aliphatic carbocycles. The quantitative estimate of drug-likeness (QED) is 0.127. The molecule has 1 aliphatic heterocycles. The molecule has 1 heterocycles. The van der Waals surface area contributed by atoms with Gasteiger partial charge in [-0.05, 0) is 68.1 Å². The monoisotopic (exact) mass is 686 g/mol. The van der Waals surface area contributed by atoms with Gasteiger partial charge in [0.25, 0.3) is 0 Å². The summed E-state index contributed by atoms with van der Waals surface area (Å²) < 4.78 is 63.5. The predicted molar refractivity (Wildman–Crippen MR) is 182 cm³/mol. The van der Waals surface area contributed by atoms with Crippen LogP contribution < -0.4 is 24.8 Å². The number of alkyl halides is 2. The van der Waals surface area contributed by atoms with Gasteiger partial charge in [0.1, 0.15) is 18.2 Å². The van der Waals surface area contributed by atoms with Crippen LogP contribution in [0.5, 0.6) is 17.2 Å². The topological polar surface area (TPSA) is 98.3 Å². The first-order valence-corrected chi connectivity index (χ1v) is 16.2. The van der Waals surface area contributed by atoms with Crippen LogP contribution >= 0.6 is 0 Å². The van der Waals surface area contributed by atoms with E-state index >= 15 is 4.39 Å². The van der Waals surface area contributed by atoms with Crippen LogP contribution in [-0.2, 0) is 21.6 Å². The summed E-state index contributed by atoms with van der Waals surface area (Å²) in [7, 11) is 0. The lowest BCUT2D eigenvalue weighted by Crippen LogP contribution is -2.28. The number of carbonyl (C=O) groups is 1. The summed E-state index contributed by atoms with van der Waals surface area (Å²) in [5.41, 5.74) is 0.341. The lowest BCUT2D eigenvalue weighted by molar-refractivity contribution is -0.286. The minimum absolute atomic E-state index is 0.0431. The third-order valence-electron chi connectivity index (χ3n) is 8.32. The van der Waals surface area contributed by atoms with Gasteiger partial charge in [0.15, 0.2) is 11.5 Å². The second kappa shape index (κ2) is 14.4. The Morgan fingerprint density at radius 1 is 0.960 bits per heavy atom. The van der Waals surface area contributed by atoms with Gasteiger partial charge in [-0.2, -0.15) is 0 Å². The number of anilines is 2. The minimum Gasteiger partial charge on any atom is -0.492 e. The molecule has 1 atom stereocenters. The van der Waals surface area contributed by atoms with Crippen molar-refractivity contribution in [1.29, 1.82) is 0 Å². The molecule has 1 saturated carbocycles. The minimum atomic E-state index is -3.79. The molecule has 3 N–H and O–H groups in total. The largest absolute Gasteiger partial charge is 0.586 e. The van der Waals surface area contributed by atoms with Crippen LogP contribution in [0.2, 0.25) is 0 Å². The van der Waals surface area contributed by atoms with Gasteiger partial charge in [-0.3, -0.25) is 4.79 Å². The maximum atomic E-state index is 15.6. The molecule has 0 radical (unpaired) electrons. The molecule has 0 spiro atoms. The molecule has 0 aromatic heterocycles. The number of rotatable bonds is 13. The lowest BCUT2D eigenvalue weighted by atomic mass is 9.94. The van der Waals surface area contributed by atoms with Crippen LogP contribution in [0.25, 0.3) is 0 Å². The molecule has 2 aliphatic rings. The van der Waals surface area contributed by atoms with Gasteiger partial charge in [-0.1, -0.05) is 66.4 Å². The van der Waals surface area contributed by atoms with E-state index in [0.29, 0.717) is 42.0 Å². The molecule has 260 valence electrons. The first-order valence-electron chi connectivity index (χ1n) is 16.2. The van der Waals surface area contributed by atoms with Gasteiger partial charge in [-0.25, -0.2) is 4.39 Å². The number of carbonyl (C=O) groups excluding carboxylic acids is 1. The number of para-hydroxylation sites is 1. The number of fused-ring (bicyclic) bond motifs is 1. The Balaban J connectivity index is 1.19. The zero-order valence-corrected chi connectivity index (χ0v) is 27.6. The van der Waals surface area contributed by atoms with Gasteiger partial charge in [0, 0.05) is 18.2 Å². The van der Waals surface area contributed by atoms with E-state index in [4.69, 9.17) is 9.47 Å². The smallest absolute Gasteiger partial charge is 0.492 e. The van der Waals surface area contributed by atoms with E-state index in [2.05, 4.69) is 31.9 Å². The number of ether oxygens (including phenoxy) is 4. The number of aliphatic hydroxyl groups excluding tert-OH is 1. The predicted octanol–water partition coefficient (Wildman–Crippen LogP) is 7.26. The first kappa shape index (κ1) is 34.7. The normalized spacial score (nSPS) is 15.7. The molecule has 50 heavy (non-hydrogen) atoms. The Morgan fingerprint density at radius 2 is 1.66 bits per heavy atom. The average Bonchev–Trinajstić information content (AvgIpc) is 3.84. The summed E-state index contributed by atoms with van der Waals surface area (Å²) in [6.07, 6.45) is -3.83. The Kier molecular flexibility index (Phi) is 9.95. The van der Waals surface area contributed by atoms with Gasteiger partial charge in [0.2, 0.25) is 5.91 Å². The molecule has 1 unspecified atom stereocenters. The van der Waals surface area contributed by atoms with E-state index < -0.39 is 35.0 Å². The van der Waals surface area contributed by atoms with Gasteiger partial charge >= 0.3 is 6.29 Å². The maximum Gasteiger partial charge on any atom is 0.586 e. The highest BCUT2D eigenvalue weighted by Crippen LogP contribution is 2.52. The van der Waals surface area contributed by atoms with Crippen molar-refractivity contribution in [3.05, 3.63) is 114 Å². The molecule has 6 rings (SSSR count). The molecule has 8 nitrogen and oxygen atoms in total. The second-order valence-corrected chi connectivity index (χ2v) is 13.0. The summed E-state index contributed by atoms with van der Waals surface area (Å²) >= 11 is 0. The van der Waals surface area contributed by atoms with Crippen LogP contribution in [0.1, 0.15) is 43.4 Å². The lowest BCUT2D eigenvalue weighted by Gasteiger charge is -2.20. The van der Waals surface area contributed by atoms with Crippen molar-refractivity contribution in [2.24, 2.45) is 5.41 Å². The number of amides is 1. The fraction of sp³-hybridized carbons (Fsp3) is 0.308. The summed E-state index contributed by atoms with van der Waals surface area (Å²) in [5.74, 6) is 5.50. The summed E-state index contributed by atoms with van der Waals surface area (Å²) in [6.45, 7) is 4.52. The fourth-order valence-corrected chi connectivity index (χ4v) is 5.41. The highest BCUT2D eigenvalue weighted by molar-refractivity contribution is 6.02.